The van der Waals surface area contributed by atoms with Crippen LogP contribution in [0.2, 0.25) is 0 Å². The Morgan fingerprint density at radius 2 is 2.03 bits per heavy atom. The van der Waals surface area contributed by atoms with Crippen LogP contribution in [0.3, 0.4) is 0 Å². The third-order valence-corrected chi connectivity index (χ3v) is 5.13. The third kappa shape index (κ3) is 4.23. The van der Waals surface area contributed by atoms with Crippen LogP contribution in [0.15, 0.2) is 53.5 Å². The molecule has 0 spiro atoms. The van der Waals surface area contributed by atoms with Crippen molar-refractivity contribution in [2.24, 2.45) is 0 Å². The number of hydrogen-bond donors (Lipinski definition) is 1. The minimum absolute atomic E-state index is 0.00224. The summed E-state index contributed by atoms with van der Waals surface area (Å²) in [6.07, 6.45) is 4.81. The first-order chi connectivity index (χ1) is 14.0. The summed E-state index contributed by atoms with van der Waals surface area (Å²) in [4.78, 5) is 32.8. The van der Waals surface area contributed by atoms with Crippen LogP contribution in [0.1, 0.15) is 24.1 Å². The van der Waals surface area contributed by atoms with E-state index in [1.54, 1.807) is 23.1 Å². The number of nitrogens with zero attached hydrogens (tertiary/aromatic N) is 2. The molecule has 148 valence electrons. The lowest BCUT2D eigenvalue weighted by atomic mass is 10.0. The first-order valence-electron chi connectivity index (χ1n) is 9.40. The van der Waals surface area contributed by atoms with Crippen molar-refractivity contribution in [2.75, 3.05) is 13.1 Å². The van der Waals surface area contributed by atoms with Gasteiger partial charge in [-0.25, -0.2) is 9.37 Å². The Bertz CT molecular complexity index is 1150. The molecule has 4 rings (SSSR count). The van der Waals surface area contributed by atoms with Crippen molar-refractivity contribution in [3.05, 3.63) is 82.0 Å². The van der Waals surface area contributed by atoms with E-state index in [2.05, 4.69) is 9.97 Å². The Morgan fingerprint density at radius 1 is 1.17 bits per heavy atom. The van der Waals surface area contributed by atoms with Gasteiger partial charge >= 0.3 is 0 Å². The van der Waals surface area contributed by atoms with Crippen molar-refractivity contribution in [1.29, 1.82) is 0 Å². The van der Waals surface area contributed by atoms with Gasteiger partial charge in [-0.3, -0.25) is 9.59 Å². The molecule has 3 aromatic rings. The number of aryl methyl sites for hydroxylation is 1. The molecule has 1 aliphatic heterocycles. The molecule has 0 saturated heterocycles. The van der Waals surface area contributed by atoms with Crippen LogP contribution in [-0.4, -0.2) is 33.9 Å². The summed E-state index contributed by atoms with van der Waals surface area (Å²) in [5.74, 6) is -0.976. The van der Waals surface area contributed by atoms with Gasteiger partial charge in [0.2, 0.25) is 11.9 Å². The monoisotopic (exact) mass is 395 g/mol. The molecule has 1 aromatic carbocycles. The van der Waals surface area contributed by atoms with Gasteiger partial charge in [0.1, 0.15) is 5.82 Å². The van der Waals surface area contributed by atoms with Crippen LogP contribution in [0.4, 0.5) is 8.78 Å². The van der Waals surface area contributed by atoms with Gasteiger partial charge in [0.05, 0.1) is 0 Å². The van der Waals surface area contributed by atoms with Crippen molar-refractivity contribution in [2.45, 2.75) is 19.3 Å². The van der Waals surface area contributed by atoms with Gasteiger partial charge in [0, 0.05) is 36.8 Å². The lowest BCUT2D eigenvalue weighted by molar-refractivity contribution is -0.130. The van der Waals surface area contributed by atoms with Crippen molar-refractivity contribution in [1.82, 2.24) is 14.9 Å². The van der Waals surface area contributed by atoms with Crippen LogP contribution in [0.25, 0.3) is 16.3 Å². The first kappa shape index (κ1) is 19.0. The molecular weight excluding hydrogens is 376 g/mol. The maximum atomic E-state index is 13.3. The Balaban J connectivity index is 1.39. The second-order valence-corrected chi connectivity index (χ2v) is 7.04. The number of carbonyl (C=O) groups excluding carboxylic acids is 1. The standard InChI is InChI=1S/C22H19F2N3O2/c23-17-3-1-15-11-18(26-22(29)19(15)12-17)4-6-21(28)27-9-7-14(8-10-27)16-2-5-20(24)25-13-16/h1-3,5,7,11-13H,4,6,8-10H2,(H,26,29). The summed E-state index contributed by atoms with van der Waals surface area (Å²) in [6.45, 7) is 1.06. The number of benzene rings is 1. The van der Waals surface area contributed by atoms with Crippen molar-refractivity contribution >= 4 is 22.3 Å². The summed E-state index contributed by atoms with van der Waals surface area (Å²) in [5.41, 5.74) is 2.20. The SMILES string of the molecule is O=C(CCc1cc2ccc(F)cc2c(=O)[nH]1)N1CC=C(c2ccc(F)nc2)CC1. The number of H-pyrrole nitrogens is 1. The molecule has 0 unspecified atom stereocenters. The molecule has 29 heavy (non-hydrogen) atoms. The average Bonchev–Trinajstić information content (AvgIpc) is 2.73. The normalized spacial score (nSPS) is 14.1. The van der Waals surface area contributed by atoms with Crippen molar-refractivity contribution < 1.29 is 13.6 Å². The van der Waals surface area contributed by atoms with E-state index in [0.29, 0.717) is 42.4 Å². The van der Waals surface area contributed by atoms with Gasteiger partial charge in [-0.2, -0.15) is 4.39 Å². The van der Waals surface area contributed by atoms with Gasteiger partial charge in [0.15, 0.2) is 0 Å². The summed E-state index contributed by atoms with van der Waals surface area (Å²) >= 11 is 0. The predicted octanol–water partition coefficient (Wildman–Crippen LogP) is 3.45. The van der Waals surface area contributed by atoms with E-state index >= 15 is 0 Å². The van der Waals surface area contributed by atoms with E-state index < -0.39 is 11.8 Å². The molecule has 0 radical (unpaired) electrons. The molecular formula is C22H19F2N3O2. The molecule has 0 saturated carbocycles. The number of nitrogens with one attached hydrogen (secondary N) is 1. The molecule has 1 amide bonds. The molecule has 0 bridgehead atoms. The van der Waals surface area contributed by atoms with Crippen molar-refractivity contribution in [3.8, 4) is 0 Å². The molecule has 7 heteroatoms. The smallest absolute Gasteiger partial charge is 0.256 e. The number of hydrogen-bond acceptors (Lipinski definition) is 3. The molecule has 0 atom stereocenters. The number of fused-ring (bicyclic) bond motifs is 1. The number of rotatable bonds is 4. The number of halogens is 2. The lowest BCUT2D eigenvalue weighted by Crippen LogP contribution is -2.34. The van der Waals surface area contributed by atoms with Gasteiger partial charge in [-0.1, -0.05) is 12.1 Å². The third-order valence-electron chi connectivity index (χ3n) is 5.13. The van der Waals surface area contributed by atoms with E-state index in [4.69, 9.17) is 0 Å². The molecule has 3 heterocycles. The quantitative estimate of drug-likeness (QED) is 0.688. The number of amides is 1. The fraction of sp³-hybridized carbons (Fsp3) is 0.227. The number of aromatic amines is 1. The van der Waals surface area contributed by atoms with Crippen molar-refractivity contribution in [3.63, 3.8) is 0 Å². The number of carbonyl (C=O) groups is 1. The second-order valence-electron chi connectivity index (χ2n) is 7.04. The number of pyridine rings is 2. The van der Waals surface area contributed by atoms with E-state index in [1.807, 2.05) is 6.08 Å². The number of aromatic nitrogens is 2. The van der Waals surface area contributed by atoms with E-state index in [1.165, 1.54) is 24.4 Å². The van der Waals surface area contributed by atoms with E-state index in [9.17, 15) is 18.4 Å². The Kier molecular flexibility index (Phi) is 5.20. The van der Waals surface area contributed by atoms with Crippen LogP contribution in [0.5, 0.6) is 0 Å². The summed E-state index contributed by atoms with van der Waals surface area (Å²) in [7, 11) is 0. The molecule has 2 aromatic heterocycles. The zero-order valence-electron chi connectivity index (χ0n) is 15.6. The molecule has 0 fully saturated rings. The Labute approximate surface area is 165 Å². The van der Waals surface area contributed by atoms with Gasteiger partial charge < -0.3 is 9.88 Å². The highest BCUT2D eigenvalue weighted by Crippen LogP contribution is 2.22. The first-order valence-corrected chi connectivity index (χ1v) is 9.40. The van der Waals surface area contributed by atoms with E-state index in [-0.39, 0.29) is 17.9 Å². The van der Waals surface area contributed by atoms with Crippen LogP contribution in [-0.2, 0) is 11.2 Å². The van der Waals surface area contributed by atoms with Crippen LogP contribution < -0.4 is 5.56 Å². The lowest BCUT2D eigenvalue weighted by Gasteiger charge is -2.26. The van der Waals surface area contributed by atoms with Crippen LogP contribution in [0, 0.1) is 11.8 Å². The molecule has 1 N–H and O–H groups in total. The highest BCUT2D eigenvalue weighted by Gasteiger charge is 2.18. The summed E-state index contributed by atoms with van der Waals surface area (Å²) in [5, 5.41) is 0.945. The zero-order chi connectivity index (χ0) is 20.4. The molecule has 0 aliphatic carbocycles. The second kappa shape index (κ2) is 7.95. The minimum Gasteiger partial charge on any atom is -0.339 e. The Morgan fingerprint density at radius 3 is 2.76 bits per heavy atom. The largest absolute Gasteiger partial charge is 0.339 e. The highest BCUT2D eigenvalue weighted by molar-refractivity contribution is 5.82. The van der Waals surface area contributed by atoms with Gasteiger partial charge in [-0.05, 0) is 59.7 Å². The van der Waals surface area contributed by atoms with Crippen LogP contribution >= 0.6 is 0 Å². The maximum Gasteiger partial charge on any atom is 0.256 e. The topological polar surface area (TPSA) is 66.1 Å². The maximum absolute atomic E-state index is 13.3. The average molecular weight is 395 g/mol. The fourth-order valence-corrected chi connectivity index (χ4v) is 3.55. The van der Waals surface area contributed by atoms with E-state index in [0.717, 1.165) is 11.1 Å². The minimum atomic E-state index is -0.515. The summed E-state index contributed by atoms with van der Waals surface area (Å²) < 4.78 is 26.3. The van der Waals surface area contributed by atoms with Gasteiger partial charge in [0.25, 0.3) is 5.56 Å². The fourth-order valence-electron chi connectivity index (χ4n) is 3.55. The summed E-state index contributed by atoms with van der Waals surface area (Å²) in [6, 6.07) is 8.87. The zero-order valence-corrected chi connectivity index (χ0v) is 15.6. The molecule has 5 nitrogen and oxygen atoms in total. The highest BCUT2D eigenvalue weighted by atomic mass is 19.1. The molecule has 1 aliphatic rings. The van der Waals surface area contributed by atoms with Gasteiger partial charge in [-0.15, -0.1) is 0 Å². The predicted molar refractivity (Wildman–Crippen MR) is 106 cm³/mol. The Hall–Kier alpha value is -3.35.